The van der Waals surface area contributed by atoms with Gasteiger partial charge in [0.2, 0.25) is 0 Å². The monoisotopic (exact) mass is 197 g/mol. The largest absolute Gasteiger partial charge is 0.379 e. The van der Waals surface area contributed by atoms with Crippen molar-refractivity contribution in [2.24, 2.45) is 0 Å². The van der Waals surface area contributed by atoms with Gasteiger partial charge in [-0.2, -0.15) is 0 Å². The van der Waals surface area contributed by atoms with E-state index in [1.165, 1.54) is 37.8 Å². The van der Waals surface area contributed by atoms with Crippen LogP contribution < -0.4 is 0 Å². The fourth-order valence-electron chi connectivity index (χ4n) is 1.69. The summed E-state index contributed by atoms with van der Waals surface area (Å²) in [6.07, 6.45) is 4.94. The summed E-state index contributed by atoms with van der Waals surface area (Å²) in [7, 11) is 0. The second kappa shape index (κ2) is 7.02. The maximum atomic E-state index is 5.31. The highest BCUT2D eigenvalue weighted by Gasteiger charge is 2.09. The second-order valence-corrected chi connectivity index (χ2v) is 4.06. The predicted octanol–water partition coefficient (Wildman–Crippen LogP) is 2.46. The zero-order chi connectivity index (χ0) is 10.2. The molecular weight excluding hydrogens is 174 g/mol. The smallest absolute Gasteiger partial charge is 0.0594 e. The number of nitrogens with zero attached hydrogens (tertiary/aromatic N) is 1. The second-order valence-electron chi connectivity index (χ2n) is 4.06. The first-order valence-corrected chi connectivity index (χ1v) is 5.79. The summed E-state index contributed by atoms with van der Waals surface area (Å²) < 4.78 is 5.31. The maximum absolute atomic E-state index is 5.31. The van der Waals surface area contributed by atoms with Gasteiger partial charge in [0.05, 0.1) is 13.2 Å². The minimum absolute atomic E-state index is 0.904. The first-order chi connectivity index (χ1) is 6.83. The number of hydrogen-bond acceptors (Lipinski definition) is 2. The predicted molar refractivity (Wildman–Crippen MR) is 60.5 cm³/mol. The van der Waals surface area contributed by atoms with Crippen molar-refractivity contribution in [2.45, 2.75) is 32.6 Å². The Kier molecular flexibility index (Phi) is 5.88. The Bertz CT molecular complexity index is 162. The first kappa shape index (κ1) is 11.7. The lowest BCUT2D eigenvalue weighted by Crippen LogP contribution is -2.36. The fourth-order valence-corrected chi connectivity index (χ4v) is 1.69. The summed E-state index contributed by atoms with van der Waals surface area (Å²) in [6.45, 7) is 11.5. The lowest BCUT2D eigenvalue weighted by molar-refractivity contribution is 0.0384. The molecule has 82 valence electrons. The lowest BCUT2D eigenvalue weighted by Gasteiger charge is -2.26. The van der Waals surface area contributed by atoms with Crippen molar-refractivity contribution in [1.29, 1.82) is 0 Å². The van der Waals surface area contributed by atoms with Crippen LogP contribution in [0.3, 0.4) is 0 Å². The van der Waals surface area contributed by atoms with Gasteiger partial charge in [-0.3, -0.25) is 4.90 Å². The molecule has 1 fully saturated rings. The summed E-state index contributed by atoms with van der Waals surface area (Å²) in [6, 6.07) is 0. The Balaban J connectivity index is 2.03. The van der Waals surface area contributed by atoms with Crippen LogP contribution in [0.4, 0.5) is 0 Å². The van der Waals surface area contributed by atoms with Crippen molar-refractivity contribution in [3.63, 3.8) is 0 Å². The van der Waals surface area contributed by atoms with E-state index in [0.29, 0.717) is 0 Å². The summed E-state index contributed by atoms with van der Waals surface area (Å²) >= 11 is 0. The van der Waals surface area contributed by atoms with E-state index in [2.05, 4.69) is 18.4 Å². The van der Waals surface area contributed by atoms with E-state index in [-0.39, 0.29) is 0 Å². The van der Waals surface area contributed by atoms with E-state index in [4.69, 9.17) is 4.74 Å². The van der Waals surface area contributed by atoms with E-state index >= 15 is 0 Å². The highest BCUT2D eigenvalue weighted by atomic mass is 16.5. The summed E-state index contributed by atoms with van der Waals surface area (Å²) in [5.74, 6) is 0. The molecule has 0 aliphatic carbocycles. The molecule has 1 saturated heterocycles. The van der Waals surface area contributed by atoms with Gasteiger partial charge < -0.3 is 4.74 Å². The Labute approximate surface area is 87.9 Å². The SMILES string of the molecule is C=C(CCCC)CCN1CCOCC1. The number of hydrogen-bond donors (Lipinski definition) is 0. The molecule has 14 heavy (non-hydrogen) atoms. The van der Waals surface area contributed by atoms with Gasteiger partial charge in [-0.25, -0.2) is 0 Å². The van der Waals surface area contributed by atoms with Crippen molar-refractivity contribution in [3.05, 3.63) is 12.2 Å². The molecular formula is C12H23NO. The van der Waals surface area contributed by atoms with Gasteiger partial charge in [-0.05, 0) is 19.3 Å². The molecule has 0 aromatic rings. The normalized spacial score (nSPS) is 18.4. The standard InChI is InChI=1S/C12H23NO/c1-3-4-5-12(2)6-7-13-8-10-14-11-9-13/h2-11H2,1H3. The average molecular weight is 197 g/mol. The molecule has 0 unspecified atom stereocenters. The van der Waals surface area contributed by atoms with Crippen LogP contribution in [0.1, 0.15) is 32.6 Å². The summed E-state index contributed by atoms with van der Waals surface area (Å²) in [5, 5.41) is 0. The van der Waals surface area contributed by atoms with Crippen LogP contribution in [0.2, 0.25) is 0 Å². The molecule has 0 N–H and O–H groups in total. The van der Waals surface area contributed by atoms with E-state index in [0.717, 1.165) is 26.3 Å². The first-order valence-electron chi connectivity index (χ1n) is 5.79. The molecule has 1 aliphatic rings. The Morgan fingerprint density at radius 3 is 2.64 bits per heavy atom. The highest BCUT2D eigenvalue weighted by molar-refractivity contribution is 4.94. The Hall–Kier alpha value is -0.340. The van der Waals surface area contributed by atoms with Crippen LogP contribution in [-0.4, -0.2) is 37.7 Å². The molecule has 0 saturated carbocycles. The fraction of sp³-hybridized carbons (Fsp3) is 0.833. The van der Waals surface area contributed by atoms with Crippen LogP contribution >= 0.6 is 0 Å². The molecule has 1 heterocycles. The van der Waals surface area contributed by atoms with Crippen LogP contribution in [0.5, 0.6) is 0 Å². The molecule has 2 heteroatoms. The quantitative estimate of drug-likeness (QED) is 0.606. The molecule has 0 bridgehead atoms. The third kappa shape index (κ3) is 4.77. The van der Waals surface area contributed by atoms with E-state index in [1.54, 1.807) is 0 Å². The molecule has 0 atom stereocenters. The van der Waals surface area contributed by atoms with Gasteiger partial charge in [0.15, 0.2) is 0 Å². The van der Waals surface area contributed by atoms with Gasteiger partial charge in [-0.1, -0.05) is 25.5 Å². The number of unbranched alkanes of at least 4 members (excludes halogenated alkanes) is 1. The molecule has 2 nitrogen and oxygen atoms in total. The minimum Gasteiger partial charge on any atom is -0.379 e. The van der Waals surface area contributed by atoms with Gasteiger partial charge in [0.25, 0.3) is 0 Å². The topological polar surface area (TPSA) is 12.5 Å². The van der Waals surface area contributed by atoms with Gasteiger partial charge in [0, 0.05) is 19.6 Å². The van der Waals surface area contributed by atoms with Crippen LogP contribution in [-0.2, 0) is 4.74 Å². The molecule has 1 aliphatic heterocycles. The Morgan fingerprint density at radius 1 is 1.29 bits per heavy atom. The molecule has 1 rings (SSSR count). The van der Waals surface area contributed by atoms with E-state index in [1.807, 2.05) is 0 Å². The molecule has 0 spiro atoms. The minimum atomic E-state index is 0.904. The van der Waals surface area contributed by atoms with E-state index < -0.39 is 0 Å². The molecule has 0 aromatic carbocycles. The van der Waals surface area contributed by atoms with Crippen molar-refractivity contribution in [1.82, 2.24) is 4.90 Å². The van der Waals surface area contributed by atoms with Crippen LogP contribution in [0.15, 0.2) is 12.2 Å². The molecule has 0 aromatic heterocycles. The van der Waals surface area contributed by atoms with Crippen LogP contribution in [0.25, 0.3) is 0 Å². The number of morpholine rings is 1. The third-order valence-corrected chi connectivity index (χ3v) is 2.77. The summed E-state index contributed by atoms with van der Waals surface area (Å²) in [4.78, 5) is 2.47. The number of rotatable bonds is 6. The van der Waals surface area contributed by atoms with Crippen molar-refractivity contribution >= 4 is 0 Å². The van der Waals surface area contributed by atoms with Gasteiger partial charge >= 0.3 is 0 Å². The molecule has 0 radical (unpaired) electrons. The number of ether oxygens (including phenoxy) is 1. The molecule has 0 amide bonds. The van der Waals surface area contributed by atoms with Crippen molar-refractivity contribution in [2.75, 3.05) is 32.8 Å². The van der Waals surface area contributed by atoms with Gasteiger partial charge in [-0.15, -0.1) is 0 Å². The van der Waals surface area contributed by atoms with E-state index in [9.17, 15) is 0 Å². The van der Waals surface area contributed by atoms with Gasteiger partial charge in [0.1, 0.15) is 0 Å². The lowest BCUT2D eigenvalue weighted by atomic mass is 10.1. The third-order valence-electron chi connectivity index (χ3n) is 2.77. The zero-order valence-electron chi connectivity index (χ0n) is 9.43. The maximum Gasteiger partial charge on any atom is 0.0594 e. The highest BCUT2D eigenvalue weighted by Crippen LogP contribution is 2.10. The zero-order valence-corrected chi connectivity index (χ0v) is 9.43. The van der Waals surface area contributed by atoms with Crippen LogP contribution in [0, 0.1) is 0 Å². The Morgan fingerprint density at radius 2 is 2.00 bits per heavy atom. The van der Waals surface area contributed by atoms with Crippen molar-refractivity contribution < 1.29 is 4.74 Å². The average Bonchev–Trinajstić information content (AvgIpc) is 2.25. The van der Waals surface area contributed by atoms with Crippen molar-refractivity contribution in [3.8, 4) is 0 Å². The summed E-state index contributed by atoms with van der Waals surface area (Å²) in [5.41, 5.74) is 1.42.